The predicted octanol–water partition coefficient (Wildman–Crippen LogP) is 2.82. The van der Waals surface area contributed by atoms with E-state index in [0.29, 0.717) is 22.3 Å². The van der Waals surface area contributed by atoms with Crippen LogP contribution in [0.4, 0.5) is 0 Å². The van der Waals surface area contributed by atoms with Crippen molar-refractivity contribution in [3.05, 3.63) is 29.3 Å². The van der Waals surface area contributed by atoms with Gasteiger partial charge < -0.3 is 15.2 Å². The van der Waals surface area contributed by atoms with E-state index in [1.165, 1.54) is 0 Å². The maximum Gasteiger partial charge on any atom is 0.263 e. The molecule has 0 atom stereocenters. The van der Waals surface area contributed by atoms with Crippen molar-refractivity contribution in [2.75, 3.05) is 29.6 Å². The molecule has 23 heavy (non-hydrogen) atoms. The van der Waals surface area contributed by atoms with E-state index in [9.17, 15) is 9.90 Å². The standard InChI is InChI=1S/C16H22ClNO3S2/c1-15(2,21-13-5-3-12(17)4-6-13)14(19)18-9-16(20)10-22-7-8-23-11-16/h3-6,20H,7-11H2,1-2H3,(H,18,19). The average molecular weight is 376 g/mol. The lowest BCUT2D eigenvalue weighted by Gasteiger charge is -2.30. The first-order chi connectivity index (χ1) is 10.8. The third-order valence-electron chi connectivity index (χ3n) is 3.42. The highest BCUT2D eigenvalue weighted by molar-refractivity contribution is 8.03. The van der Waals surface area contributed by atoms with Crippen LogP contribution >= 0.6 is 35.1 Å². The van der Waals surface area contributed by atoms with Crippen LogP contribution in [0.3, 0.4) is 0 Å². The van der Waals surface area contributed by atoms with Gasteiger partial charge in [0.2, 0.25) is 0 Å². The fraction of sp³-hybridized carbons (Fsp3) is 0.562. The molecule has 1 saturated heterocycles. The highest BCUT2D eigenvalue weighted by Gasteiger charge is 2.34. The van der Waals surface area contributed by atoms with E-state index in [2.05, 4.69) is 5.32 Å². The van der Waals surface area contributed by atoms with Crippen molar-refractivity contribution in [1.82, 2.24) is 5.32 Å². The fourth-order valence-corrected chi connectivity index (χ4v) is 4.74. The molecule has 1 amide bonds. The summed E-state index contributed by atoms with van der Waals surface area (Å²) >= 11 is 9.28. The minimum atomic E-state index is -1.03. The van der Waals surface area contributed by atoms with Crippen molar-refractivity contribution >= 4 is 41.0 Å². The molecule has 1 aliphatic rings. The van der Waals surface area contributed by atoms with E-state index < -0.39 is 11.2 Å². The van der Waals surface area contributed by atoms with Crippen LogP contribution in [0.15, 0.2) is 24.3 Å². The van der Waals surface area contributed by atoms with Gasteiger partial charge in [-0.3, -0.25) is 4.79 Å². The zero-order chi connectivity index (χ0) is 16.9. The second-order valence-corrected chi connectivity index (χ2v) is 8.73. The lowest BCUT2D eigenvalue weighted by Crippen LogP contribution is -2.53. The Labute approximate surface area is 150 Å². The van der Waals surface area contributed by atoms with Gasteiger partial charge in [-0.25, -0.2) is 0 Å². The SMILES string of the molecule is CC(C)(Oc1ccc(Cl)cc1)C(=O)NCC1(O)CSCCSC1. The van der Waals surface area contributed by atoms with Crippen LogP contribution in [0, 0.1) is 0 Å². The first kappa shape index (κ1) is 18.8. The van der Waals surface area contributed by atoms with Crippen LogP contribution in [0.5, 0.6) is 5.75 Å². The molecule has 1 heterocycles. The van der Waals surface area contributed by atoms with Crippen LogP contribution in [0.2, 0.25) is 5.02 Å². The van der Waals surface area contributed by atoms with Crippen molar-refractivity contribution in [1.29, 1.82) is 0 Å². The number of halogens is 1. The number of aliphatic hydroxyl groups is 1. The number of benzene rings is 1. The molecule has 2 rings (SSSR count). The van der Waals surface area contributed by atoms with Crippen LogP contribution < -0.4 is 10.1 Å². The Morgan fingerprint density at radius 1 is 1.30 bits per heavy atom. The van der Waals surface area contributed by atoms with Crippen molar-refractivity contribution in [2.45, 2.75) is 25.0 Å². The Morgan fingerprint density at radius 2 is 1.87 bits per heavy atom. The normalized spacial score (nSPS) is 18.1. The summed E-state index contributed by atoms with van der Waals surface area (Å²) in [6.45, 7) is 3.65. The quantitative estimate of drug-likeness (QED) is 0.828. The number of hydrogen-bond acceptors (Lipinski definition) is 5. The van der Waals surface area contributed by atoms with Gasteiger partial charge in [0.15, 0.2) is 5.60 Å². The molecule has 0 saturated carbocycles. The summed E-state index contributed by atoms with van der Waals surface area (Å²) in [7, 11) is 0. The van der Waals surface area contributed by atoms with Crippen LogP contribution in [0.25, 0.3) is 0 Å². The Balaban J connectivity index is 1.91. The first-order valence-electron chi connectivity index (χ1n) is 7.42. The van der Waals surface area contributed by atoms with Crippen LogP contribution in [0.1, 0.15) is 13.8 Å². The van der Waals surface area contributed by atoms with Crippen molar-refractivity contribution < 1.29 is 14.6 Å². The van der Waals surface area contributed by atoms with Gasteiger partial charge in [-0.15, -0.1) is 0 Å². The Hall–Kier alpha value is -0.560. The summed E-state index contributed by atoms with van der Waals surface area (Å²) in [5, 5.41) is 14.0. The average Bonchev–Trinajstić information content (AvgIpc) is 2.72. The molecule has 128 valence electrons. The molecule has 0 spiro atoms. The highest BCUT2D eigenvalue weighted by atomic mass is 35.5. The topological polar surface area (TPSA) is 58.6 Å². The minimum Gasteiger partial charge on any atom is -0.478 e. The number of thioether (sulfide) groups is 2. The lowest BCUT2D eigenvalue weighted by molar-refractivity contribution is -0.135. The molecule has 1 aromatic rings. The molecule has 0 aliphatic carbocycles. The van der Waals surface area contributed by atoms with Crippen molar-refractivity contribution in [2.24, 2.45) is 0 Å². The van der Waals surface area contributed by atoms with Gasteiger partial charge in [-0.05, 0) is 38.1 Å². The summed E-state index contributed by atoms with van der Waals surface area (Å²) in [6, 6.07) is 6.88. The molecular formula is C16H22ClNO3S2. The molecular weight excluding hydrogens is 354 g/mol. The number of carbonyl (C=O) groups excluding carboxylic acids is 1. The number of rotatable bonds is 5. The van der Waals surface area contributed by atoms with Gasteiger partial charge >= 0.3 is 0 Å². The van der Waals surface area contributed by atoms with E-state index >= 15 is 0 Å². The molecule has 4 nitrogen and oxygen atoms in total. The second-order valence-electron chi connectivity index (χ2n) is 6.08. The summed E-state index contributed by atoms with van der Waals surface area (Å²) in [5.74, 6) is 3.67. The first-order valence-corrected chi connectivity index (χ1v) is 10.1. The number of ether oxygens (including phenoxy) is 1. The molecule has 2 N–H and O–H groups in total. The molecule has 1 aliphatic heterocycles. The van der Waals surface area contributed by atoms with E-state index in [-0.39, 0.29) is 12.5 Å². The van der Waals surface area contributed by atoms with E-state index in [1.54, 1.807) is 61.6 Å². The third-order valence-corrected chi connectivity index (χ3v) is 6.40. The monoisotopic (exact) mass is 375 g/mol. The smallest absolute Gasteiger partial charge is 0.263 e. The number of amides is 1. The molecule has 0 aromatic heterocycles. The maximum atomic E-state index is 12.4. The predicted molar refractivity (Wildman–Crippen MR) is 98.8 cm³/mol. The van der Waals surface area contributed by atoms with Gasteiger partial charge in [0, 0.05) is 34.6 Å². The van der Waals surface area contributed by atoms with Gasteiger partial charge in [-0.2, -0.15) is 23.5 Å². The molecule has 0 radical (unpaired) electrons. The van der Waals surface area contributed by atoms with Crippen molar-refractivity contribution in [3.8, 4) is 5.75 Å². The van der Waals surface area contributed by atoms with Gasteiger partial charge in [0.25, 0.3) is 5.91 Å². The van der Waals surface area contributed by atoms with Gasteiger partial charge in [0.1, 0.15) is 5.75 Å². The number of carbonyl (C=O) groups is 1. The number of hydrogen-bond donors (Lipinski definition) is 2. The molecule has 1 aromatic carbocycles. The highest BCUT2D eigenvalue weighted by Crippen LogP contribution is 2.25. The third kappa shape index (κ3) is 5.78. The van der Waals surface area contributed by atoms with E-state index in [0.717, 1.165) is 11.5 Å². The largest absolute Gasteiger partial charge is 0.478 e. The zero-order valence-electron chi connectivity index (χ0n) is 13.3. The summed E-state index contributed by atoms with van der Waals surface area (Å²) in [6.07, 6.45) is 0. The number of nitrogens with one attached hydrogen (secondary N) is 1. The van der Waals surface area contributed by atoms with E-state index in [4.69, 9.17) is 16.3 Å². The van der Waals surface area contributed by atoms with Crippen LogP contribution in [-0.4, -0.2) is 51.8 Å². The summed E-state index contributed by atoms with van der Waals surface area (Å²) in [5.41, 5.74) is -1.90. The van der Waals surface area contributed by atoms with Gasteiger partial charge in [-0.1, -0.05) is 11.6 Å². The second kappa shape index (κ2) is 8.01. The molecule has 1 fully saturated rings. The Kier molecular flexibility index (Phi) is 6.54. The maximum absolute atomic E-state index is 12.4. The summed E-state index contributed by atoms with van der Waals surface area (Å²) < 4.78 is 5.75. The fourth-order valence-electron chi connectivity index (χ4n) is 2.09. The van der Waals surface area contributed by atoms with Crippen LogP contribution in [-0.2, 0) is 4.79 Å². The minimum absolute atomic E-state index is 0.235. The summed E-state index contributed by atoms with van der Waals surface area (Å²) in [4.78, 5) is 12.4. The lowest BCUT2D eigenvalue weighted by atomic mass is 10.1. The Morgan fingerprint density at radius 3 is 2.43 bits per heavy atom. The molecule has 7 heteroatoms. The van der Waals surface area contributed by atoms with Gasteiger partial charge in [0.05, 0.1) is 5.60 Å². The zero-order valence-corrected chi connectivity index (χ0v) is 15.7. The van der Waals surface area contributed by atoms with E-state index in [1.807, 2.05) is 0 Å². The van der Waals surface area contributed by atoms with Crippen molar-refractivity contribution in [3.63, 3.8) is 0 Å². The Bertz CT molecular complexity index is 529. The molecule has 0 unspecified atom stereocenters. The molecule has 0 bridgehead atoms.